The number of likely N-dealkylation sites (tertiary alicyclic amines) is 1. The lowest BCUT2D eigenvalue weighted by atomic mass is 10.1. The number of unbranched alkanes of at least 4 members (excludes halogenated alkanes) is 1. The largest absolute Gasteiger partial charge is 0.378 e. The number of hydrogen-bond donors (Lipinski definition) is 1. The highest BCUT2D eigenvalue weighted by atomic mass is 16.5. The third kappa shape index (κ3) is 8.39. The van der Waals surface area contributed by atoms with Crippen LogP contribution < -0.4 is 5.32 Å². The molecule has 2 aliphatic rings. The van der Waals surface area contributed by atoms with Crippen molar-refractivity contribution in [1.29, 1.82) is 0 Å². The molecule has 5 nitrogen and oxygen atoms in total. The molecular weight excluding hydrogens is 336 g/mol. The van der Waals surface area contributed by atoms with Gasteiger partial charge in [0.15, 0.2) is 5.96 Å². The monoisotopic (exact) mass is 380 g/mol. The van der Waals surface area contributed by atoms with Crippen LogP contribution in [0.25, 0.3) is 0 Å². The Morgan fingerprint density at radius 2 is 1.81 bits per heavy atom. The van der Waals surface area contributed by atoms with E-state index in [1.165, 1.54) is 51.5 Å². The zero-order valence-corrected chi connectivity index (χ0v) is 18.2. The van der Waals surface area contributed by atoms with Crippen molar-refractivity contribution < 1.29 is 4.74 Å². The SMILES string of the molecule is CCN(CC)CC1CCN(C(=NC)NCCCCOC2CCCCCC2)C1. The molecule has 1 saturated carbocycles. The Balaban J connectivity index is 1.56. The summed E-state index contributed by atoms with van der Waals surface area (Å²) in [4.78, 5) is 9.49. The molecule has 0 radical (unpaired) electrons. The van der Waals surface area contributed by atoms with Gasteiger partial charge in [0.2, 0.25) is 0 Å². The molecule has 5 heteroatoms. The fourth-order valence-corrected chi connectivity index (χ4v) is 4.44. The highest BCUT2D eigenvalue weighted by Gasteiger charge is 2.25. The normalized spacial score (nSPS) is 22.4. The van der Waals surface area contributed by atoms with E-state index in [2.05, 4.69) is 34.0 Å². The van der Waals surface area contributed by atoms with Crippen molar-refractivity contribution in [1.82, 2.24) is 15.1 Å². The Hall–Kier alpha value is -0.810. The minimum atomic E-state index is 0.528. The number of nitrogens with zero attached hydrogens (tertiary/aromatic N) is 3. The van der Waals surface area contributed by atoms with Gasteiger partial charge in [0, 0.05) is 39.8 Å². The molecular formula is C22H44N4O. The first-order valence-corrected chi connectivity index (χ1v) is 11.6. The minimum absolute atomic E-state index is 0.528. The summed E-state index contributed by atoms with van der Waals surface area (Å²) in [5, 5.41) is 3.57. The minimum Gasteiger partial charge on any atom is -0.378 e. The maximum Gasteiger partial charge on any atom is 0.193 e. The maximum absolute atomic E-state index is 6.10. The van der Waals surface area contributed by atoms with Crippen LogP contribution in [0.2, 0.25) is 0 Å². The molecule has 1 N–H and O–H groups in total. The van der Waals surface area contributed by atoms with Crippen LogP contribution in [0.4, 0.5) is 0 Å². The van der Waals surface area contributed by atoms with Crippen molar-refractivity contribution in [3.05, 3.63) is 0 Å². The number of rotatable bonds is 10. The fourth-order valence-electron chi connectivity index (χ4n) is 4.44. The zero-order valence-electron chi connectivity index (χ0n) is 18.2. The van der Waals surface area contributed by atoms with Gasteiger partial charge < -0.3 is 19.9 Å². The number of hydrogen-bond acceptors (Lipinski definition) is 3. The Morgan fingerprint density at radius 3 is 2.48 bits per heavy atom. The molecule has 0 amide bonds. The van der Waals surface area contributed by atoms with Crippen LogP contribution in [0, 0.1) is 5.92 Å². The standard InChI is InChI=1S/C22H44N4O/c1-4-25(5-2)18-20-14-16-26(19-20)22(23-3)24-15-10-11-17-27-21-12-8-6-7-9-13-21/h20-21H,4-19H2,1-3H3,(H,23,24). The quantitative estimate of drug-likeness (QED) is 0.271. The van der Waals surface area contributed by atoms with Gasteiger partial charge >= 0.3 is 0 Å². The lowest BCUT2D eigenvalue weighted by Gasteiger charge is -2.24. The van der Waals surface area contributed by atoms with Gasteiger partial charge in [-0.1, -0.05) is 39.5 Å². The second-order valence-electron chi connectivity index (χ2n) is 8.25. The van der Waals surface area contributed by atoms with Crippen LogP contribution in [-0.4, -0.2) is 74.8 Å². The van der Waals surface area contributed by atoms with Crippen LogP contribution in [0.1, 0.15) is 71.6 Å². The van der Waals surface area contributed by atoms with Crippen molar-refractivity contribution in [3.63, 3.8) is 0 Å². The van der Waals surface area contributed by atoms with Gasteiger partial charge in [0.1, 0.15) is 0 Å². The summed E-state index contributed by atoms with van der Waals surface area (Å²) in [7, 11) is 1.91. The second kappa shape index (κ2) is 13.4. The van der Waals surface area contributed by atoms with Crippen molar-refractivity contribution >= 4 is 5.96 Å². The van der Waals surface area contributed by atoms with E-state index in [-0.39, 0.29) is 0 Å². The van der Waals surface area contributed by atoms with Crippen LogP contribution in [0.5, 0.6) is 0 Å². The molecule has 0 spiro atoms. The van der Waals surface area contributed by atoms with Gasteiger partial charge in [0.05, 0.1) is 6.10 Å². The van der Waals surface area contributed by atoms with Gasteiger partial charge in [0.25, 0.3) is 0 Å². The van der Waals surface area contributed by atoms with Crippen LogP contribution in [0.15, 0.2) is 4.99 Å². The average molecular weight is 381 g/mol. The van der Waals surface area contributed by atoms with Crippen LogP contribution >= 0.6 is 0 Å². The molecule has 2 fully saturated rings. The highest BCUT2D eigenvalue weighted by molar-refractivity contribution is 5.80. The molecule has 0 bridgehead atoms. The van der Waals surface area contributed by atoms with Gasteiger partial charge in [-0.05, 0) is 51.1 Å². The molecule has 0 aromatic rings. The smallest absolute Gasteiger partial charge is 0.193 e. The molecule has 1 atom stereocenters. The van der Waals surface area contributed by atoms with Gasteiger partial charge in [-0.15, -0.1) is 0 Å². The van der Waals surface area contributed by atoms with Crippen molar-refractivity contribution in [3.8, 4) is 0 Å². The van der Waals surface area contributed by atoms with E-state index in [9.17, 15) is 0 Å². The van der Waals surface area contributed by atoms with Crippen molar-refractivity contribution in [2.24, 2.45) is 10.9 Å². The first-order valence-electron chi connectivity index (χ1n) is 11.6. The van der Waals surface area contributed by atoms with E-state index in [0.29, 0.717) is 6.10 Å². The molecule has 1 unspecified atom stereocenters. The Kier molecular flexibility index (Phi) is 11.1. The summed E-state index contributed by atoms with van der Waals surface area (Å²) in [5.41, 5.74) is 0. The summed E-state index contributed by atoms with van der Waals surface area (Å²) in [5.74, 6) is 1.86. The lowest BCUT2D eigenvalue weighted by Crippen LogP contribution is -2.41. The van der Waals surface area contributed by atoms with E-state index in [4.69, 9.17) is 4.74 Å². The lowest BCUT2D eigenvalue weighted by molar-refractivity contribution is 0.0411. The zero-order chi connectivity index (χ0) is 19.3. The summed E-state index contributed by atoms with van der Waals surface area (Å²) in [6.07, 6.45) is 12.2. The van der Waals surface area contributed by atoms with Crippen molar-refractivity contribution in [2.45, 2.75) is 77.7 Å². The summed E-state index contributed by atoms with van der Waals surface area (Å²) in [6, 6.07) is 0. The highest BCUT2D eigenvalue weighted by Crippen LogP contribution is 2.20. The molecule has 0 aromatic heterocycles. The van der Waals surface area contributed by atoms with Crippen LogP contribution in [0.3, 0.4) is 0 Å². The van der Waals surface area contributed by atoms with Gasteiger partial charge in [-0.3, -0.25) is 4.99 Å². The maximum atomic E-state index is 6.10. The average Bonchev–Trinajstić information content (AvgIpc) is 2.99. The van der Waals surface area contributed by atoms with E-state index in [0.717, 1.165) is 64.0 Å². The number of guanidine groups is 1. The molecule has 27 heavy (non-hydrogen) atoms. The Morgan fingerprint density at radius 1 is 1.07 bits per heavy atom. The van der Waals surface area contributed by atoms with E-state index < -0.39 is 0 Å². The topological polar surface area (TPSA) is 40.1 Å². The number of aliphatic imine (C=N–C) groups is 1. The van der Waals surface area contributed by atoms with Gasteiger partial charge in [-0.25, -0.2) is 0 Å². The fraction of sp³-hybridized carbons (Fsp3) is 0.955. The van der Waals surface area contributed by atoms with Crippen molar-refractivity contribution in [2.75, 3.05) is 52.9 Å². The molecule has 1 saturated heterocycles. The summed E-state index contributed by atoms with van der Waals surface area (Å²) >= 11 is 0. The number of ether oxygens (including phenoxy) is 1. The van der Waals surface area contributed by atoms with E-state index in [1.807, 2.05) is 7.05 Å². The molecule has 1 heterocycles. The van der Waals surface area contributed by atoms with Crippen LogP contribution in [-0.2, 0) is 4.74 Å². The first kappa shape index (κ1) is 22.5. The summed E-state index contributed by atoms with van der Waals surface area (Å²) in [6.45, 7) is 12.2. The summed E-state index contributed by atoms with van der Waals surface area (Å²) < 4.78 is 6.10. The van der Waals surface area contributed by atoms with E-state index >= 15 is 0 Å². The molecule has 1 aliphatic heterocycles. The Labute approximate surface area is 167 Å². The molecule has 2 rings (SSSR count). The Bertz CT molecular complexity index is 403. The third-order valence-corrected chi connectivity index (χ3v) is 6.22. The first-order chi connectivity index (χ1) is 13.3. The molecule has 0 aromatic carbocycles. The van der Waals surface area contributed by atoms with E-state index in [1.54, 1.807) is 0 Å². The predicted octanol–water partition coefficient (Wildman–Crippen LogP) is 3.75. The third-order valence-electron chi connectivity index (χ3n) is 6.22. The predicted molar refractivity (Wildman–Crippen MR) is 116 cm³/mol. The van der Waals surface area contributed by atoms with Gasteiger partial charge in [-0.2, -0.15) is 0 Å². The molecule has 1 aliphatic carbocycles. The molecule has 158 valence electrons. The number of nitrogens with one attached hydrogen (secondary N) is 1. The second-order valence-corrected chi connectivity index (χ2v) is 8.25.